The van der Waals surface area contributed by atoms with Gasteiger partial charge in [0, 0.05) is 23.6 Å². The second kappa shape index (κ2) is 4.77. The third-order valence-corrected chi connectivity index (χ3v) is 5.94. The number of fused-ring (bicyclic) bond motifs is 1. The van der Waals surface area contributed by atoms with Gasteiger partial charge >= 0.3 is 0 Å². The van der Waals surface area contributed by atoms with E-state index in [0.29, 0.717) is 17.5 Å². The van der Waals surface area contributed by atoms with Crippen LogP contribution in [-0.4, -0.2) is 48.0 Å². The van der Waals surface area contributed by atoms with Crippen LogP contribution in [0.15, 0.2) is 6.07 Å². The quantitative estimate of drug-likeness (QED) is 0.872. The Morgan fingerprint density at radius 3 is 2.82 bits per heavy atom. The van der Waals surface area contributed by atoms with Gasteiger partial charge in [-0.1, -0.05) is 0 Å². The number of phenolic OH excluding ortho intramolecular Hbond substituents is 1. The molecule has 2 fully saturated rings. The molecule has 5 nitrogen and oxygen atoms in total. The maximum Gasteiger partial charge on any atom is 0.203 e. The largest absolute Gasteiger partial charge is 0.504 e. The minimum absolute atomic E-state index is 0.0452. The minimum atomic E-state index is -0.220. The molecule has 2 heterocycles. The minimum Gasteiger partial charge on any atom is -0.504 e. The van der Waals surface area contributed by atoms with Gasteiger partial charge in [0.05, 0.1) is 20.3 Å². The van der Waals surface area contributed by atoms with E-state index in [2.05, 4.69) is 4.90 Å². The molecule has 0 spiro atoms. The standard InChI is InChI=1S/C17H23NO4/c1-21-12-7-10-9-18-6-5-17(4-3-11(19)8-13(17)18)14(10)15(20)16(12)22-2/h7,11,13,19-20H,3-6,8-9H2,1-2H3/t11-,13+,17+/m0/s1. The first kappa shape index (κ1) is 14.2. The van der Waals surface area contributed by atoms with Crippen molar-refractivity contribution in [1.29, 1.82) is 0 Å². The van der Waals surface area contributed by atoms with Crippen LogP contribution in [0.1, 0.15) is 36.8 Å². The number of ether oxygens (including phenoxy) is 2. The number of aliphatic hydroxyl groups is 1. The van der Waals surface area contributed by atoms with Gasteiger partial charge in [0.25, 0.3) is 0 Å². The van der Waals surface area contributed by atoms with Crippen molar-refractivity contribution < 1.29 is 19.7 Å². The van der Waals surface area contributed by atoms with E-state index >= 15 is 0 Å². The van der Waals surface area contributed by atoms with E-state index in [1.54, 1.807) is 14.2 Å². The second-order valence-corrected chi connectivity index (χ2v) is 6.82. The van der Waals surface area contributed by atoms with E-state index in [9.17, 15) is 10.2 Å². The molecule has 1 aromatic carbocycles. The van der Waals surface area contributed by atoms with E-state index < -0.39 is 0 Å². The first-order valence-corrected chi connectivity index (χ1v) is 8.00. The normalized spacial score (nSPS) is 35.7. The highest BCUT2D eigenvalue weighted by Gasteiger charge is 2.56. The number of methoxy groups -OCH3 is 2. The predicted molar refractivity (Wildman–Crippen MR) is 81.6 cm³/mol. The van der Waals surface area contributed by atoms with Crippen LogP contribution in [0.25, 0.3) is 0 Å². The molecule has 0 aromatic heterocycles. The van der Waals surface area contributed by atoms with Gasteiger partial charge < -0.3 is 19.7 Å². The molecule has 2 bridgehead atoms. The number of aromatic hydroxyl groups is 1. The van der Waals surface area contributed by atoms with Crippen LogP contribution in [0.3, 0.4) is 0 Å². The summed E-state index contributed by atoms with van der Waals surface area (Å²) in [5.41, 5.74) is 2.13. The monoisotopic (exact) mass is 305 g/mol. The topological polar surface area (TPSA) is 62.2 Å². The fourth-order valence-corrected chi connectivity index (χ4v) is 5.01. The number of hydrogen-bond donors (Lipinski definition) is 2. The van der Waals surface area contributed by atoms with Crippen molar-refractivity contribution in [2.45, 2.75) is 49.8 Å². The number of hydrogen-bond acceptors (Lipinski definition) is 5. The van der Waals surface area contributed by atoms with Gasteiger partial charge in [0.2, 0.25) is 5.75 Å². The Hall–Kier alpha value is -1.46. The van der Waals surface area contributed by atoms with Gasteiger partial charge in [-0.25, -0.2) is 0 Å². The zero-order chi connectivity index (χ0) is 15.5. The lowest BCUT2D eigenvalue weighted by Crippen LogP contribution is -2.51. The molecule has 2 aliphatic heterocycles. The van der Waals surface area contributed by atoms with Crippen LogP contribution in [0.4, 0.5) is 0 Å². The van der Waals surface area contributed by atoms with Crippen molar-refractivity contribution in [3.63, 3.8) is 0 Å². The molecule has 1 aromatic rings. The molecule has 1 unspecified atom stereocenters. The van der Waals surface area contributed by atoms with Gasteiger partial charge in [-0.3, -0.25) is 4.90 Å². The van der Waals surface area contributed by atoms with Crippen molar-refractivity contribution in [2.75, 3.05) is 20.8 Å². The molecule has 3 aliphatic rings. The first-order valence-electron chi connectivity index (χ1n) is 8.00. The zero-order valence-electron chi connectivity index (χ0n) is 13.1. The van der Waals surface area contributed by atoms with Crippen LogP contribution in [0.2, 0.25) is 0 Å². The Labute approximate surface area is 130 Å². The highest BCUT2D eigenvalue weighted by Crippen LogP contribution is 2.58. The number of rotatable bonds is 2. The highest BCUT2D eigenvalue weighted by atomic mass is 16.5. The lowest BCUT2D eigenvalue weighted by atomic mass is 9.62. The van der Waals surface area contributed by atoms with E-state index in [-0.39, 0.29) is 17.3 Å². The Bertz CT molecular complexity index is 617. The zero-order valence-corrected chi connectivity index (χ0v) is 13.1. The molecule has 4 atom stereocenters. The highest BCUT2D eigenvalue weighted by molar-refractivity contribution is 5.62. The van der Waals surface area contributed by atoms with Gasteiger partial charge in [-0.05, 0) is 43.9 Å². The molecular weight excluding hydrogens is 282 g/mol. The van der Waals surface area contributed by atoms with Crippen molar-refractivity contribution in [3.8, 4) is 17.2 Å². The van der Waals surface area contributed by atoms with Crippen molar-refractivity contribution >= 4 is 0 Å². The molecule has 1 aliphatic carbocycles. The summed E-state index contributed by atoms with van der Waals surface area (Å²) >= 11 is 0. The number of benzene rings is 1. The summed E-state index contributed by atoms with van der Waals surface area (Å²) in [5.74, 6) is 1.26. The van der Waals surface area contributed by atoms with Crippen LogP contribution in [0.5, 0.6) is 17.2 Å². The summed E-state index contributed by atoms with van der Waals surface area (Å²) in [7, 11) is 3.16. The molecule has 4 rings (SSSR count). The molecule has 120 valence electrons. The first-order chi connectivity index (χ1) is 10.6. The number of nitrogens with zero attached hydrogens (tertiary/aromatic N) is 1. The summed E-state index contributed by atoms with van der Waals surface area (Å²) < 4.78 is 10.8. The van der Waals surface area contributed by atoms with Crippen LogP contribution < -0.4 is 9.47 Å². The summed E-state index contributed by atoms with van der Waals surface area (Å²) in [5, 5.41) is 21.0. The fourth-order valence-electron chi connectivity index (χ4n) is 5.01. The lowest BCUT2D eigenvalue weighted by Gasteiger charge is -2.48. The molecule has 1 saturated heterocycles. The SMILES string of the molecule is COc1cc2c(c(O)c1OC)[C@@]13CC[C@H](O)C[C@H]1N(CC3)C2. The molecular formula is C17H23NO4. The Morgan fingerprint density at radius 2 is 2.09 bits per heavy atom. The van der Waals surface area contributed by atoms with Crippen LogP contribution >= 0.6 is 0 Å². The smallest absolute Gasteiger partial charge is 0.203 e. The third kappa shape index (κ3) is 1.66. The average Bonchev–Trinajstić information content (AvgIpc) is 2.77. The van der Waals surface area contributed by atoms with Crippen molar-refractivity contribution in [3.05, 3.63) is 17.2 Å². The Balaban J connectivity index is 1.92. The maximum atomic E-state index is 10.9. The fraction of sp³-hybridized carbons (Fsp3) is 0.647. The summed E-state index contributed by atoms with van der Waals surface area (Å²) in [4.78, 5) is 2.45. The third-order valence-electron chi connectivity index (χ3n) is 5.94. The molecule has 0 radical (unpaired) electrons. The van der Waals surface area contributed by atoms with E-state index in [1.165, 1.54) is 0 Å². The van der Waals surface area contributed by atoms with Gasteiger partial charge in [-0.2, -0.15) is 0 Å². The molecule has 0 amide bonds. The van der Waals surface area contributed by atoms with E-state index in [1.807, 2.05) is 6.07 Å². The Morgan fingerprint density at radius 1 is 1.27 bits per heavy atom. The van der Waals surface area contributed by atoms with E-state index in [0.717, 1.165) is 49.9 Å². The van der Waals surface area contributed by atoms with Gasteiger partial charge in [-0.15, -0.1) is 0 Å². The molecule has 22 heavy (non-hydrogen) atoms. The molecule has 2 N–H and O–H groups in total. The summed E-state index contributed by atoms with van der Waals surface area (Å²) in [6.45, 7) is 1.83. The second-order valence-electron chi connectivity index (χ2n) is 6.82. The van der Waals surface area contributed by atoms with E-state index in [4.69, 9.17) is 9.47 Å². The summed E-state index contributed by atoms with van der Waals surface area (Å²) in [6.07, 6.45) is 3.35. The maximum absolute atomic E-state index is 10.9. The average molecular weight is 305 g/mol. The van der Waals surface area contributed by atoms with Crippen LogP contribution in [-0.2, 0) is 12.0 Å². The molecule has 5 heteroatoms. The molecule has 1 saturated carbocycles. The van der Waals surface area contributed by atoms with Crippen LogP contribution in [0, 0.1) is 0 Å². The van der Waals surface area contributed by atoms with Crippen molar-refractivity contribution in [1.82, 2.24) is 4.90 Å². The number of aliphatic hydroxyl groups excluding tert-OH is 1. The van der Waals surface area contributed by atoms with Crippen molar-refractivity contribution in [2.24, 2.45) is 0 Å². The predicted octanol–water partition coefficient (Wildman–Crippen LogP) is 1.78. The lowest BCUT2D eigenvalue weighted by molar-refractivity contribution is 0.0372. The summed E-state index contributed by atoms with van der Waals surface area (Å²) in [6, 6.07) is 2.34. The Kier molecular flexibility index (Phi) is 3.07. The number of phenols is 1. The van der Waals surface area contributed by atoms with Gasteiger partial charge in [0.15, 0.2) is 11.5 Å². The van der Waals surface area contributed by atoms with Gasteiger partial charge in [0.1, 0.15) is 0 Å².